The van der Waals surface area contributed by atoms with Gasteiger partial charge in [-0.25, -0.2) is 4.68 Å². The molecule has 0 unspecified atom stereocenters. The first-order chi connectivity index (χ1) is 12.7. The summed E-state index contributed by atoms with van der Waals surface area (Å²) in [5.41, 5.74) is 1.59. The van der Waals surface area contributed by atoms with E-state index in [-0.39, 0.29) is 6.61 Å². The number of hydrogen-bond donors (Lipinski definition) is 0. The molecule has 0 amide bonds. The summed E-state index contributed by atoms with van der Waals surface area (Å²) in [4.78, 5) is 0. The van der Waals surface area contributed by atoms with E-state index in [1.165, 1.54) is 17.3 Å². The van der Waals surface area contributed by atoms with Crippen molar-refractivity contribution >= 4 is 29.4 Å². The lowest BCUT2D eigenvalue weighted by atomic mass is 10.2. The highest BCUT2D eigenvalue weighted by atomic mass is 35.5. The molecule has 0 fully saturated rings. The van der Waals surface area contributed by atoms with Crippen LogP contribution in [0.4, 0.5) is 0 Å². The van der Waals surface area contributed by atoms with Crippen molar-refractivity contribution < 1.29 is 9.47 Å². The average Bonchev–Trinajstić information content (AvgIpc) is 3.15. The molecule has 0 saturated heterocycles. The van der Waals surface area contributed by atoms with Crippen molar-refractivity contribution in [3.63, 3.8) is 0 Å². The maximum Gasteiger partial charge on any atom is 0.161 e. The number of halogens is 2. The standard InChI is InChI=1S/C18H16Cl2N4O2/c1-2-25-18-8-13(9-23-24-11-21-22-12-24)6-7-17(18)26-10-14-15(19)4-3-5-16(14)20/h3-9,11-12H,2,10H2,1H3/b23-9-. The third-order valence-electron chi connectivity index (χ3n) is 3.45. The summed E-state index contributed by atoms with van der Waals surface area (Å²) in [5, 5.41) is 12.7. The monoisotopic (exact) mass is 390 g/mol. The number of aromatic nitrogens is 3. The Morgan fingerprint density at radius 2 is 1.77 bits per heavy atom. The predicted octanol–water partition coefficient (Wildman–Crippen LogP) is 4.44. The Morgan fingerprint density at radius 1 is 1.04 bits per heavy atom. The molecule has 3 aromatic rings. The van der Waals surface area contributed by atoms with Gasteiger partial charge in [-0.3, -0.25) is 0 Å². The Morgan fingerprint density at radius 3 is 2.46 bits per heavy atom. The van der Waals surface area contributed by atoms with Crippen molar-refractivity contribution in [1.29, 1.82) is 0 Å². The maximum atomic E-state index is 6.19. The molecule has 0 aliphatic heterocycles. The molecular weight excluding hydrogens is 375 g/mol. The number of hydrogen-bond acceptors (Lipinski definition) is 5. The fourth-order valence-electron chi connectivity index (χ4n) is 2.20. The largest absolute Gasteiger partial charge is 0.490 e. The van der Waals surface area contributed by atoms with Crippen LogP contribution in [0, 0.1) is 0 Å². The summed E-state index contributed by atoms with van der Waals surface area (Å²) in [7, 11) is 0. The molecule has 0 spiro atoms. The van der Waals surface area contributed by atoms with Gasteiger partial charge in [-0.05, 0) is 42.8 Å². The van der Waals surface area contributed by atoms with E-state index < -0.39 is 0 Å². The SMILES string of the molecule is CCOc1cc(/C=N\n2cnnc2)ccc1OCc1c(Cl)cccc1Cl. The minimum absolute atomic E-state index is 0.243. The molecule has 3 rings (SSSR count). The fraction of sp³-hybridized carbons (Fsp3) is 0.167. The molecule has 1 heterocycles. The van der Waals surface area contributed by atoms with Gasteiger partial charge in [-0.2, -0.15) is 5.10 Å². The first kappa shape index (κ1) is 18.2. The van der Waals surface area contributed by atoms with Crippen LogP contribution < -0.4 is 9.47 Å². The Bertz CT molecular complexity index is 878. The summed E-state index contributed by atoms with van der Waals surface area (Å²) in [6.45, 7) is 2.66. The Kier molecular flexibility index (Phi) is 6.09. The molecular formula is C18H16Cl2N4O2. The molecule has 26 heavy (non-hydrogen) atoms. The maximum absolute atomic E-state index is 6.19. The zero-order chi connectivity index (χ0) is 18.4. The van der Waals surface area contributed by atoms with E-state index in [1.54, 1.807) is 24.4 Å². The van der Waals surface area contributed by atoms with Gasteiger partial charge >= 0.3 is 0 Å². The van der Waals surface area contributed by atoms with Crippen molar-refractivity contribution in [1.82, 2.24) is 14.9 Å². The normalized spacial score (nSPS) is 11.0. The van der Waals surface area contributed by atoms with Gasteiger partial charge in [-0.15, -0.1) is 10.2 Å². The van der Waals surface area contributed by atoms with Crippen LogP contribution in [0.3, 0.4) is 0 Å². The molecule has 0 bridgehead atoms. The van der Waals surface area contributed by atoms with Crippen LogP contribution in [0.25, 0.3) is 0 Å². The molecule has 0 radical (unpaired) electrons. The van der Waals surface area contributed by atoms with E-state index in [2.05, 4.69) is 15.3 Å². The van der Waals surface area contributed by atoms with Crippen LogP contribution in [0.1, 0.15) is 18.1 Å². The van der Waals surface area contributed by atoms with Crippen molar-refractivity contribution in [2.24, 2.45) is 5.10 Å². The lowest BCUT2D eigenvalue weighted by Crippen LogP contribution is -2.01. The van der Waals surface area contributed by atoms with Gasteiger partial charge in [0.15, 0.2) is 11.5 Å². The van der Waals surface area contributed by atoms with Gasteiger partial charge in [0.1, 0.15) is 19.3 Å². The quantitative estimate of drug-likeness (QED) is 0.559. The topological polar surface area (TPSA) is 61.5 Å². The van der Waals surface area contributed by atoms with Gasteiger partial charge in [0.05, 0.1) is 12.8 Å². The van der Waals surface area contributed by atoms with E-state index in [4.69, 9.17) is 32.7 Å². The Hall–Kier alpha value is -2.57. The van der Waals surface area contributed by atoms with Crippen LogP contribution in [0.2, 0.25) is 10.0 Å². The van der Waals surface area contributed by atoms with Gasteiger partial charge in [0.25, 0.3) is 0 Å². The zero-order valence-corrected chi connectivity index (χ0v) is 15.5. The molecule has 6 nitrogen and oxygen atoms in total. The predicted molar refractivity (Wildman–Crippen MR) is 101 cm³/mol. The van der Waals surface area contributed by atoms with Crippen molar-refractivity contribution in [3.05, 3.63) is 70.2 Å². The van der Waals surface area contributed by atoms with Crippen LogP contribution >= 0.6 is 23.2 Å². The smallest absolute Gasteiger partial charge is 0.161 e. The van der Waals surface area contributed by atoms with Crippen molar-refractivity contribution in [2.45, 2.75) is 13.5 Å². The molecule has 134 valence electrons. The summed E-state index contributed by atoms with van der Waals surface area (Å²) in [5.74, 6) is 1.22. The summed E-state index contributed by atoms with van der Waals surface area (Å²) >= 11 is 12.4. The highest BCUT2D eigenvalue weighted by molar-refractivity contribution is 6.35. The Labute approximate surface area is 161 Å². The second kappa shape index (κ2) is 8.69. The minimum Gasteiger partial charge on any atom is -0.490 e. The first-order valence-electron chi connectivity index (χ1n) is 7.89. The third kappa shape index (κ3) is 4.53. The van der Waals surface area contributed by atoms with Crippen molar-refractivity contribution in [3.8, 4) is 11.5 Å². The highest BCUT2D eigenvalue weighted by Gasteiger charge is 2.10. The van der Waals surface area contributed by atoms with E-state index in [1.807, 2.05) is 25.1 Å². The fourth-order valence-corrected chi connectivity index (χ4v) is 2.71. The molecule has 0 N–H and O–H groups in total. The second-order valence-corrected chi connectivity index (χ2v) is 6.03. The van der Waals surface area contributed by atoms with E-state index in [0.717, 1.165) is 11.1 Å². The number of nitrogens with zero attached hydrogens (tertiary/aromatic N) is 4. The van der Waals surface area contributed by atoms with E-state index in [9.17, 15) is 0 Å². The molecule has 0 saturated carbocycles. The molecule has 1 aromatic heterocycles. The van der Waals surface area contributed by atoms with E-state index in [0.29, 0.717) is 28.2 Å². The second-order valence-electron chi connectivity index (χ2n) is 5.21. The lowest BCUT2D eigenvalue weighted by Gasteiger charge is -2.14. The van der Waals surface area contributed by atoms with Gasteiger partial charge < -0.3 is 9.47 Å². The number of ether oxygens (including phenoxy) is 2. The van der Waals surface area contributed by atoms with Crippen LogP contribution in [0.5, 0.6) is 11.5 Å². The molecule has 0 aliphatic rings. The van der Waals surface area contributed by atoms with E-state index >= 15 is 0 Å². The molecule has 0 atom stereocenters. The van der Waals surface area contributed by atoms with Gasteiger partial charge in [0, 0.05) is 15.6 Å². The molecule has 8 heteroatoms. The molecule has 0 aliphatic carbocycles. The minimum atomic E-state index is 0.243. The summed E-state index contributed by atoms with van der Waals surface area (Å²) < 4.78 is 13.1. The lowest BCUT2D eigenvalue weighted by molar-refractivity contribution is 0.269. The van der Waals surface area contributed by atoms with Crippen LogP contribution in [-0.2, 0) is 6.61 Å². The zero-order valence-electron chi connectivity index (χ0n) is 14.0. The average molecular weight is 391 g/mol. The number of rotatable bonds is 7. The Balaban J connectivity index is 1.78. The van der Waals surface area contributed by atoms with Crippen LogP contribution in [0.15, 0.2) is 54.2 Å². The summed E-state index contributed by atoms with van der Waals surface area (Å²) in [6, 6.07) is 10.9. The third-order valence-corrected chi connectivity index (χ3v) is 4.16. The van der Waals surface area contributed by atoms with Gasteiger partial charge in [0.2, 0.25) is 0 Å². The highest BCUT2D eigenvalue weighted by Crippen LogP contribution is 2.31. The summed E-state index contributed by atoms with van der Waals surface area (Å²) in [6.07, 6.45) is 4.69. The van der Waals surface area contributed by atoms with Crippen LogP contribution in [-0.4, -0.2) is 27.7 Å². The van der Waals surface area contributed by atoms with Crippen molar-refractivity contribution in [2.75, 3.05) is 6.61 Å². The molecule has 2 aromatic carbocycles. The number of benzene rings is 2. The van der Waals surface area contributed by atoms with Gasteiger partial charge in [-0.1, -0.05) is 29.3 Å². The first-order valence-corrected chi connectivity index (χ1v) is 8.64.